The highest BCUT2D eigenvalue weighted by Crippen LogP contribution is 2.12. The van der Waals surface area contributed by atoms with E-state index in [4.69, 9.17) is 5.73 Å². The Kier molecular flexibility index (Phi) is 9.24. The van der Waals surface area contributed by atoms with E-state index in [0.29, 0.717) is 31.6 Å². The Bertz CT molecular complexity index is 778. The van der Waals surface area contributed by atoms with Crippen LogP contribution in [-0.2, 0) is 16.4 Å². The lowest BCUT2D eigenvalue weighted by molar-refractivity contribution is 0.0948. The molecule has 4 N–H and O–H groups in total. The van der Waals surface area contributed by atoms with Gasteiger partial charge < -0.3 is 11.1 Å². The van der Waals surface area contributed by atoms with E-state index >= 15 is 0 Å². The molecule has 1 aromatic heterocycles. The van der Waals surface area contributed by atoms with Crippen LogP contribution in [0.25, 0.3) is 0 Å². The molecule has 0 radical (unpaired) electrons. The maximum Gasteiger partial charge on any atom is 0.251 e. The van der Waals surface area contributed by atoms with Crippen LogP contribution in [0.2, 0.25) is 0 Å². The highest BCUT2D eigenvalue weighted by molar-refractivity contribution is 7.89. The van der Waals surface area contributed by atoms with E-state index in [1.807, 2.05) is 24.4 Å². The van der Waals surface area contributed by atoms with Gasteiger partial charge in [0.25, 0.3) is 5.91 Å². The van der Waals surface area contributed by atoms with Crippen LogP contribution in [0.4, 0.5) is 0 Å². The highest BCUT2D eigenvalue weighted by Gasteiger charge is 2.15. The Morgan fingerprint density at radius 3 is 2.50 bits per heavy atom. The highest BCUT2D eigenvalue weighted by atomic mass is 35.5. The number of amides is 1. The molecule has 1 aromatic carbocycles. The first-order chi connectivity index (χ1) is 11.9. The predicted molar refractivity (Wildman–Crippen MR) is 107 cm³/mol. The minimum absolute atomic E-state index is 0. The first kappa shape index (κ1) is 22.6. The van der Waals surface area contributed by atoms with Crippen LogP contribution in [0, 0.1) is 5.92 Å². The van der Waals surface area contributed by atoms with E-state index < -0.39 is 10.0 Å². The van der Waals surface area contributed by atoms with Gasteiger partial charge in [0.05, 0.1) is 4.90 Å². The number of hydrogen-bond donors (Lipinski definition) is 3. The number of rotatable bonds is 9. The zero-order valence-corrected chi connectivity index (χ0v) is 16.9. The van der Waals surface area contributed by atoms with Crippen molar-refractivity contribution in [2.75, 3.05) is 19.6 Å². The molecule has 6 nitrogen and oxygen atoms in total. The van der Waals surface area contributed by atoms with Gasteiger partial charge >= 0.3 is 0 Å². The fourth-order valence-corrected chi connectivity index (χ4v) is 3.83. The number of benzene rings is 1. The number of nitrogens with one attached hydrogen (secondary N) is 2. The van der Waals surface area contributed by atoms with Crippen LogP contribution in [0.3, 0.4) is 0 Å². The largest absolute Gasteiger partial charge is 0.352 e. The molecule has 1 amide bonds. The lowest BCUT2D eigenvalue weighted by Gasteiger charge is -2.10. The number of carbonyl (C=O) groups is 1. The van der Waals surface area contributed by atoms with Crippen molar-refractivity contribution >= 4 is 39.7 Å². The molecule has 9 heteroatoms. The smallest absolute Gasteiger partial charge is 0.251 e. The SMILES string of the molecule is CC(CN)CNC(=O)c1ccc(S(=O)(=O)NCCc2cccs2)cc1.Cl. The molecule has 0 aliphatic carbocycles. The van der Waals surface area contributed by atoms with E-state index in [-0.39, 0.29) is 29.1 Å². The fourth-order valence-electron chi connectivity index (χ4n) is 2.08. The zero-order chi connectivity index (χ0) is 18.3. The topological polar surface area (TPSA) is 101 Å². The Balaban J connectivity index is 0.00000338. The van der Waals surface area contributed by atoms with E-state index in [2.05, 4.69) is 10.0 Å². The number of nitrogens with two attached hydrogens (primary N) is 1. The first-order valence-corrected chi connectivity index (χ1v) is 10.4. The molecule has 0 fully saturated rings. The van der Waals surface area contributed by atoms with Crippen molar-refractivity contribution in [2.45, 2.75) is 18.2 Å². The summed E-state index contributed by atoms with van der Waals surface area (Å²) in [7, 11) is -3.58. The van der Waals surface area contributed by atoms with Gasteiger partial charge in [-0.05, 0) is 54.6 Å². The van der Waals surface area contributed by atoms with Gasteiger partial charge in [0, 0.05) is 23.5 Å². The molecule has 2 aromatic rings. The Labute approximate surface area is 164 Å². The van der Waals surface area contributed by atoms with Crippen LogP contribution in [0.15, 0.2) is 46.7 Å². The van der Waals surface area contributed by atoms with Gasteiger partial charge in [-0.1, -0.05) is 13.0 Å². The third-order valence-corrected chi connectivity index (χ3v) is 6.10. The van der Waals surface area contributed by atoms with E-state index in [9.17, 15) is 13.2 Å². The van der Waals surface area contributed by atoms with Crippen LogP contribution in [-0.4, -0.2) is 34.0 Å². The molecule has 0 bridgehead atoms. The van der Waals surface area contributed by atoms with Gasteiger partial charge in [-0.3, -0.25) is 4.79 Å². The van der Waals surface area contributed by atoms with Crippen molar-refractivity contribution in [3.8, 4) is 0 Å². The van der Waals surface area contributed by atoms with Crippen molar-refractivity contribution in [3.63, 3.8) is 0 Å². The van der Waals surface area contributed by atoms with E-state index in [1.54, 1.807) is 11.3 Å². The Morgan fingerprint density at radius 1 is 1.23 bits per heavy atom. The monoisotopic (exact) mass is 417 g/mol. The summed E-state index contributed by atoms with van der Waals surface area (Å²) in [6, 6.07) is 9.81. The number of sulfonamides is 1. The van der Waals surface area contributed by atoms with Crippen LogP contribution in [0.1, 0.15) is 22.2 Å². The minimum Gasteiger partial charge on any atom is -0.352 e. The molecule has 0 saturated carbocycles. The van der Waals surface area contributed by atoms with Crippen LogP contribution in [0.5, 0.6) is 0 Å². The summed E-state index contributed by atoms with van der Waals surface area (Å²) in [6.45, 7) is 3.26. The summed E-state index contributed by atoms with van der Waals surface area (Å²) >= 11 is 1.60. The molecule has 0 saturated heterocycles. The van der Waals surface area contributed by atoms with Crippen molar-refractivity contribution in [2.24, 2.45) is 11.7 Å². The fraction of sp³-hybridized carbons (Fsp3) is 0.353. The molecular formula is C17H24ClN3O3S2. The third-order valence-electron chi connectivity index (χ3n) is 3.68. The predicted octanol–water partition coefficient (Wildman–Crippen LogP) is 2.02. The average Bonchev–Trinajstić information content (AvgIpc) is 3.12. The Hall–Kier alpha value is -1.45. The van der Waals surface area contributed by atoms with Crippen molar-refractivity contribution in [1.29, 1.82) is 0 Å². The summed E-state index contributed by atoms with van der Waals surface area (Å²) in [5.41, 5.74) is 5.93. The molecule has 0 aliphatic heterocycles. The number of halogens is 1. The zero-order valence-electron chi connectivity index (χ0n) is 14.5. The molecule has 1 atom stereocenters. The summed E-state index contributed by atoms with van der Waals surface area (Å²) in [6.07, 6.45) is 0.650. The molecule has 144 valence electrons. The second kappa shape index (κ2) is 10.6. The van der Waals surface area contributed by atoms with Crippen molar-refractivity contribution in [1.82, 2.24) is 10.0 Å². The molecular weight excluding hydrogens is 394 g/mol. The maximum atomic E-state index is 12.3. The number of thiophene rings is 1. The maximum absolute atomic E-state index is 12.3. The molecule has 2 rings (SSSR count). The Morgan fingerprint density at radius 2 is 1.92 bits per heavy atom. The second-order valence-electron chi connectivity index (χ2n) is 5.80. The molecule has 26 heavy (non-hydrogen) atoms. The summed E-state index contributed by atoms with van der Waals surface area (Å²) in [5.74, 6) is -0.0500. The lowest BCUT2D eigenvalue weighted by atomic mass is 10.1. The summed E-state index contributed by atoms with van der Waals surface area (Å²) in [4.78, 5) is 13.3. The van der Waals surface area contributed by atoms with E-state index in [0.717, 1.165) is 4.88 Å². The first-order valence-electron chi connectivity index (χ1n) is 8.02. The van der Waals surface area contributed by atoms with Crippen molar-refractivity contribution < 1.29 is 13.2 Å². The number of carbonyl (C=O) groups excluding carboxylic acids is 1. The number of hydrogen-bond acceptors (Lipinski definition) is 5. The normalized spacial score (nSPS) is 12.2. The molecule has 1 unspecified atom stereocenters. The summed E-state index contributed by atoms with van der Waals surface area (Å²) < 4.78 is 27.1. The van der Waals surface area contributed by atoms with Crippen molar-refractivity contribution in [3.05, 3.63) is 52.2 Å². The molecule has 1 heterocycles. The quantitative estimate of drug-likeness (QED) is 0.580. The van der Waals surface area contributed by atoms with Gasteiger partial charge in [-0.15, -0.1) is 23.7 Å². The van der Waals surface area contributed by atoms with Crippen LogP contribution < -0.4 is 15.8 Å². The van der Waals surface area contributed by atoms with E-state index in [1.165, 1.54) is 24.3 Å². The third kappa shape index (κ3) is 6.69. The standard InChI is InChI=1S/C17H23N3O3S2.ClH/c1-13(11-18)12-19-17(21)14-4-6-16(7-5-14)25(22,23)20-9-8-15-3-2-10-24-15;/h2-7,10,13,20H,8-9,11-12,18H2,1H3,(H,19,21);1H. The van der Waals surface area contributed by atoms with Gasteiger partial charge in [0.2, 0.25) is 10.0 Å². The van der Waals surface area contributed by atoms with Gasteiger partial charge in [0.15, 0.2) is 0 Å². The van der Waals surface area contributed by atoms with Gasteiger partial charge in [0.1, 0.15) is 0 Å². The van der Waals surface area contributed by atoms with Gasteiger partial charge in [-0.2, -0.15) is 0 Å². The molecule has 0 spiro atoms. The summed E-state index contributed by atoms with van der Waals surface area (Å²) in [5, 5.41) is 4.74. The van der Waals surface area contributed by atoms with Crippen LogP contribution >= 0.6 is 23.7 Å². The average molecular weight is 418 g/mol. The van der Waals surface area contributed by atoms with Gasteiger partial charge in [-0.25, -0.2) is 13.1 Å². The minimum atomic E-state index is -3.58. The lowest BCUT2D eigenvalue weighted by Crippen LogP contribution is -2.31. The molecule has 0 aliphatic rings. The second-order valence-corrected chi connectivity index (χ2v) is 8.60.